The average molecular weight is 374 g/mol. The summed E-state index contributed by atoms with van der Waals surface area (Å²) >= 11 is 0. The summed E-state index contributed by atoms with van der Waals surface area (Å²) in [4.78, 5) is 16.8. The quantitative estimate of drug-likeness (QED) is 0.871. The van der Waals surface area contributed by atoms with Crippen molar-refractivity contribution in [1.82, 2.24) is 9.80 Å². The lowest BCUT2D eigenvalue weighted by Gasteiger charge is -2.39. The molecule has 27 heavy (non-hydrogen) atoms. The van der Waals surface area contributed by atoms with Crippen molar-refractivity contribution in [3.8, 4) is 0 Å². The molecule has 1 amide bonds. The first-order valence-electron chi connectivity index (χ1n) is 10.2. The molecule has 3 fully saturated rings. The number of likely N-dealkylation sites (tertiary alicyclic amines) is 2. The van der Waals surface area contributed by atoms with Crippen molar-refractivity contribution >= 4 is 5.91 Å². The van der Waals surface area contributed by atoms with Gasteiger partial charge in [0.2, 0.25) is 5.91 Å². The van der Waals surface area contributed by atoms with Crippen LogP contribution in [0.25, 0.3) is 0 Å². The number of carbonyl (C=O) groups excluding carboxylic acids is 1. The van der Waals surface area contributed by atoms with Gasteiger partial charge in [0, 0.05) is 25.9 Å². The van der Waals surface area contributed by atoms with Crippen LogP contribution in [0.15, 0.2) is 30.3 Å². The fourth-order valence-electron chi connectivity index (χ4n) is 4.52. The van der Waals surface area contributed by atoms with Gasteiger partial charge in [0.1, 0.15) is 0 Å². The van der Waals surface area contributed by atoms with E-state index in [1.54, 1.807) is 0 Å². The minimum absolute atomic E-state index is 0.199. The molecule has 1 unspecified atom stereocenters. The molecule has 6 heteroatoms. The number of hydrogen-bond acceptors (Lipinski definition) is 5. The normalized spacial score (nSPS) is 25.0. The van der Waals surface area contributed by atoms with Crippen LogP contribution in [-0.2, 0) is 14.3 Å². The Hall–Kier alpha value is -1.47. The Bertz CT molecular complexity index is 614. The second-order valence-electron chi connectivity index (χ2n) is 7.96. The molecule has 1 aromatic carbocycles. The van der Waals surface area contributed by atoms with Gasteiger partial charge in [0.15, 0.2) is 5.79 Å². The molecule has 4 rings (SSSR count). The summed E-state index contributed by atoms with van der Waals surface area (Å²) in [6.45, 7) is 4.96. The van der Waals surface area contributed by atoms with E-state index in [-0.39, 0.29) is 11.8 Å². The molecule has 3 saturated heterocycles. The third-order valence-corrected chi connectivity index (χ3v) is 6.27. The van der Waals surface area contributed by atoms with Gasteiger partial charge in [-0.3, -0.25) is 9.69 Å². The second-order valence-corrected chi connectivity index (χ2v) is 7.96. The highest BCUT2D eigenvalue weighted by Crippen LogP contribution is 2.32. The zero-order chi connectivity index (χ0) is 18.7. The molecule has 1 atom stereocenters. The maximum absolute atomic E-state index is 12.7. The summed E-state index contributed by atoms with van der Waals surface area (Å²) in [6, 6.07) is 9.88. The van der Waals surface area contributed by atoms with Gasteiger partial charge in [-0.05, 0) is 37.4 Å². The van der Waals surface area contributed by atoms with E-state index >= 15 is 0 Å². The largest absolute Gasteiger partial charge is 0.388 e. The Labute approximate surface area is 161 Å². The van der Waals surface area contributed by atoms with E-state index in [2.05, 4.69) is 4.90 Å². The van der Waals surface area contributed by atoms with Crippen LogP contribution in [-0.4, -0.2) is 72.5 Å². The molecule has 0 bridgehead atoms. The second kappa shape index (κ2) is 8.27. The highest BCUT2D eigenvalue weighted by molar-refractivity contribution is 5.78. The first-order chi connectivity index (χ1) is 13.2. The van der Waals surface area contributed by atoms with Crippen molar-refractivity contribution in [2.45, 2.75) is 37.6 Å². The van der Waals surface area contributed by atoms with Gasteiger partial charge in [0.25, 0.3) is 0 Å². The number of rotatable bonds is 4. The third-order valence-electron chi connectivity index (χ3n) is 6.27. The van der Waals surface area contributed by atoms with Crippen LogP contribution in [0.3, 0.4) is 0 Å². The SMILES string of the molecule is O=C(CN1CCC(C(O)c2ccccc2)CC1)N1CCC2(CC1)OCCO2. The molecule has 0 aromatic heterocycles. The molecule has 1 spiro atoms. The molecule has 6 nitrogen and oxygen atoms in total. The Kier molecular flexibility index (Phi) is 5.78. The molecule has 3 heterocycles. The Morgan fingerprint density at radius 1 is 1.07 bits per heavy atom. The summed E-state index contributed by atoms with van der Waals surface area (Å²) in [5, 5.41) is 10.6. The molecule has 0 radical (unpaired) electrons. The van der Waals surface area contributed by atoms with Gasteiger partial charge >= 0.3 is 0 Å². The van der Waals surface area contributed by atoms with E-state index in [9.17, 15) is 9.90 Å². The van der Waals surface area contributed by atoms with E-state index in [1.165, 1.54) is 0 Å². The van der Waals surface area contributed by atoms with Crippen LogP contribution in [0, 0.1) is 5.92 Å². The van der Waals surface area contributed by atoms with Crippen LogP contribution >= 0.6 is 0 Å². The number of benzene rings is 1. The monoisotopic (exact) mass is 374 g/mol. The molecule has 148 valence electrons. The van der Waals surface area contributed by atoms with Crippen molar-refractivity contribution in [3.63, 3.8) is 0 Å². The number of aliphatic hydroxyl groups is 1. The predicted molar refractivity (Wildman–Crippen MR) is 101 cm³/mol. The standard InChI is InChI=1S/C21H30N2O4/c24-19(23-12-8-21(9-13-23)26-14-15-27-21)16-22-10-6-18(7-11-22)20(25)17-4-2-1-3-5-17/h1-5,18,20,25H,6-16H2. The first-order valence-corrected chi connectivity index (χ1v) is 10.2. The van der Waals surface area contributed by atoms with Crippen molar-refractivity contribution < 1.29 is 19.4 Å². The van der Waals surface area contributed by atoms with Gasteiger partial charge in [-0.25, -0.2) is 0 Å². The average Bonchev–Trinajstić information content (AvgIpc) is 3.17. The van der Waals surface area contributed by atoms with Gasteiger partial charge in [-0.15, -0.1) is 0 Å². The lowest BCUT2D eigenvalue weighted by Crippen LogP contribution is -2.50. The van der Waals surface area contributed by atoms with E-state index in [0.717, 1.165) is 44.3 Å². The van der Waals surface area contributed by atoms with E-state index in [4.69, 9.17) is 9.47 Å². The van der Waals surface area contributed by atoms with Crippen LogP contribution in [0.5, 0.6) is 0 Å². The summed E-state index contributed by atoms with van der Waals surface area (Å²) in [5.74, 6) is 0.0399. The van der Waals surface area contributed by atoms with Crippen LogP contribution in [0.4, 0.5) is 0 Å². The van der Waals surface area contributed by atoms with E-state index in [1.807, 2.05) is 35.2 Å². The Morgan fingerprint density at radius 2 is 1.70 bits per heavy atom. The van der Waals surface area contributed by atoms with Gasteiger partial charge in [-0.1, -0.05) is 30.3 Å². The highest BCUT2D eigenvalue weighted by Gasteiger charge is 2.41. The Morgan fingerprint density at radius 3 is 2.33 bits per heavy atom. The smallest absolute Gasteiger partial charge is 0.236 e. The summed E-state index contributed by atoms with van der Waals surface area (Å²) < 4.78 is 11.5. The van der Waals surface area contributed by atoms with Gasteiger partial charge < -0.3 is 19.5 Å². The number of aliphatic hydroxyl groups excluding tert-OH is 1. The maximum Gasteiger partial charge on any atom is 0.236 e. The summed E-state index contributed by atoms with van der Waals surface area (Å²) in [5.41, 5.74) is 0.991. The number of amides is 1. The molecule has 0 aliphatic carbocycles. The van der Waals surface area contributed by atoms with Gasteiger partial charge in [-0.2, -0.15) is 0 Å². The zero-order valence-corrected chi connectivity index (χ0v) is 15.9. The number of hydrogen-bond donors (Lipinski definition) is 1. The zero-order valence-electron chi connectivity index (χ0n) is 15.9. The molecular weight excluding hydrogens is 344 g/mol. The van der Waals surface area contributed by atoms with Crippen LogP contribution < -0.4 is 0 Å². The first kappa shape index (κ1) is 18.9. The topological polar surface area (TPSA) is 62.2 Å². The van der Waals surface area contributed by atoms with E-state index in [0.29, 0.717) is 32.8 Å². The molecule has 3 aliphatic rings. The Balaban J connectivity index is 1.22. The maximum atomic E-state index is 12.7. The fraction of sp³-hybridized carbons (Fsp3) is 0.667. The number of nitrogens with zero attached hydrogens (tertiary/aromatic N) is 2. The van der Waals surface area contributed by atoms with Crippen molar-refractivity contribution in [2.24, 2.45) is 5.92 Å². The summed E-state index contributed by atoms with van der Waals surface area (Å²) in [6.07, 6.45) is 2.98. The third kappa shape index (κ3) is 4.35. The molecule has 3 aliphatic heterocycles. The highest BCUT2D eigenvalue weighted by atomic mass is 16.7. The molecule has 1 N–H and O–H groups in total. The van der Waals surface area contributed by atoms with Gasteiger partial charge in [0.05, 0.1) is 25.9 Å². The van der Waals surface area contributed by atoms with Crippen molar-refractivity contribution in [2.75, 3.05) is 45.9 Å². The molecule has 0 saturated carbocycles. The van der Waals surface area contributed by atoms with Crippen molar-refractivity contribution in [1.29, 1.82) is 0 Å². The number of carbonyl (C=O) groups is 1. The fourth-order valence-corrected chi connectivity index (χ4v) is 4.52. The molecule has 1 aromatic rings. The van der Waals surface area contributed by atoms with Crippen LogP contribution in [0.2, 0.25) is 0 Å². The minimum atomic E-state index is -0.428. The lowest BCUT2D eigenvalue weighted by molar-refractivity contribution is -0.187. The number of piperidine rings is 2. The lowest BCUT2D eigenvalue weighted by atomic mass is 9.87. The predicted octanol–water partition coefficient (Wildman–Crippen LogP) is 1.80. The molecular formula is C21H30N2O4. The van der Waals surface area contributed by atoms with Crippen LogP contribution in [0.1, 0.15) is 37.4 Å². The van der Waals surface area contributed by atoms with E-state index < -0.39 is 11.9 Å². The minimum Gasteiger partial charge on any atom is -0.388 e. The number of ether oxygens (including phenoxy) is 2. The van der Waals surface area contributed by atoms with Crippen molar-refractivity contribution in [3.05, 3.63) is 35.9 Å². The summed E-state index contributed by atoms with van der Waals surface area (Å²) in [7, 11) is 0.